The van der Waals surface area contributed by atoms with E-state index in [-0.39, 0.29) is 5.82 Å². The minimum Gasteiger partial charge on any atom is -0.376 e. The Kier molecular flexibility index (Phi) is 3.38. The molecule has 5 heteroatoms. The van der Waals surface area contributed by atoms with E-state index in [1.165, 1.54) is 25.0 Å². The molecule has 0 radical (unpaired) electrons. The van der Waals surface area contributed by atoms with E-state index in [4.69, 9.17) is 10.5 Å². The average molecular weight is 263 g/mol. The van der Waals surface area contributed by atoms with E-state index in [1.807, 2.05) is 4.57 Å². The third kappa shape index (κ3) is 2.56. The fourth-order valence-electron chi connectivity index (χ4n) is 2.72. The Labute approximate surface area is 111 Å². The fourth-order valence-corrected chi connectivity index (χ4v) is 2.72. The van der Waals surface area contributed by atoms with Gasteiger partial charge in [-0.1, -0.05) is 12.8 Å². The van der Waals surface area contributed by atoms with Crippen LogP contribution in [0.1, 0.15) is 25.7 Å². The van der Waals surface area contributed by atoms with Gasteiger partial charge >= 0.3 is 0 Å². The smallest absolute Gasteiger partial charge is 0.201 e. The third-order valence-electron chi connectivity index (χ3n) is 3.71. The van der Waals surface area contributed by atoms with Crippen molar-refractivity contribution >= 4 is 17.0 Å². The van der Waals surface area contributed by atoms with Crippen LogP contribution in [0, 0.1) is 5.82 Å². The topological polar surface area (TPSA) is 53.1 Å². The van der Waals surface area contributed by atoms with Gasteiger partial charge in [-0.25, -0.2) is 9.37 Å². The number of imidazole rings is 1. The molecule has 4 nitrogen and oxygen atoms in total. The fraction of sp³-hybridized carbons (Fsp3) is 0.500. The zero-order valence-electron chi connectivity index (χ0n) is 10.8. The van der Waals surface area contributed by atoms with Crippen LogP contribution in [-0.2, 0) is 11.3 Å². The van der Waals surface area contributed by atoms with Crippen molar-refractivity contribution in [2.24, 2.45) is 0 Å². The minimum absolute atomic E-state index is 0.292. The summed E-state index contributed by atoms with van der Waals surface area (Å²) in [4.78, 5) is 4.17. The van der Waals surface area contributed by atoms with Crippen molar-refractivity contribution in [1.29, 1.82) is 0 Å². The first kappa shape index (κ1) is 12.4. The maximum Gasteiger partial charge on any atom is 0.201 e. The van der Waals surface area contributed by atoms with Gasteiger partial charge in [0, 0.05) is 12.6 Å². The first-order valence-corrected chi connectivity index (χ1v) is 6.77. The van der Waals surface area contributed by atoms with Gasteiger partial charge in [-0.15, -0.1) is 0 Å². The molecule has 1 aromatic carbocycles. The number of ether oxygens (including phenoxy) is 1. The number of fused-ring (bicyclic) bond motifs is 1. The highest BCUT2D eigenvalue weighted by molar-refractivity contribution is 5.78. The maximum absolute atomic E-state index is 13.1. The number of benzene rings is 1. The van der Waals surface area contributed by atoms with Crippen molar-refractivity contribution in [3.8, 4) is 0 Å². The third-order valence-corrected chi connectivity index (χ3v) is 3.71. The molecule has 0 bridgehead atoms. The molecule has 0 aliphatic heterocycles. The van der Waals surface area contributed by atoms with Gasteiger partial charge in [0.25, 0.3) is 0 Å². The molecule has 1 heterocycles. The van der Waals surface area contributed by atoms with Gasteiger partial charge in [0.1, 0.15) is 5.82 Å². The standard InChI is InChI=1S/C14H18FN3O/c15-10-5-6-13-12(9-10)17-14(16)18(13)7-8-19-11-3-1-2-4-11/h5-6,9,11H,1-4,7-8H2,(H2,16,17). The number of nitrogen functional groups attached to an aromatic ring is 1. The lowest BCUT2D eigenvalue weighted by Gasteiger charge is -2.12. The molecule has 0 spiro atoms. The molecule has 3 rings (SSSR count). The molecule has 102 valence electrons. The highest BCUT2D eigenvalue weighted by Crippen LogP contribution is 2.22. The number of halogens is 1. The molecule has 0 saturated heterocycles. The van der Waals surface area contributed by atoms with Gasteiger partial charge in [-0.05, 0) is 25.0 Å². The van der Waals surface area contributed by atoms with Gasteiger partial charge < -0.3 is 15.0 Å². The summed E-state index contributed by atoms with van der Waals surface area (Å²) >= 11 is 0. The second-order valence-corrected chi connectivity index (χ2v) is 5.03. The molecule has 1 saturated carbocycles. The second kappa shape index (κ2) is 5.17. The van der Waals surface area contributed by atoms with Crippen LogP contribution in [0.2, 0.25) is 0 Å². The van der Waals surface area contributed by atoms with Gasteiger partial charge in [-0.2, -0.15) is 0 Å². The summed E-state index contributed by atoms with van der Waals surface area (Å²) in [6.07, 6.45) is 5.24. The summed E-state index contributed by atoms with van der Waals surface area (Å²) in [7, 11) is 0. The number of aromatic nitrogens is 2. The van der Waals surface area contributed by atoms with E-state index in [2.05, 4.69) is 4.98 Å². The lowest BCUT2D eigenvalue weighted by Crippen LogP contribution is -2.14. The summed E-state index contributed by atoms with van der Waals surface area (Å²) < 4.78 is 20.8. The molecular weight excluding hydrogens is 245 g/mol. The van der Waals surface area contributed by atoms with E-state index in [0.29, 0.717) is 30.7 Å². The van der Waals surface area contributed by atoms with Crippen molar-refractivity contribution in [3.63, 3.8) is 0 Å². The predicted molar refractivity (Wildman–Crippen MR) is 72.3 cm³/mol. The Bertz CT molecular complexity index is 575. The molecule has 2 aromatic rings. The number of hydrogen-bond acceptors (Lipinski definition) is 3. The summed E-state index contributed by atoms with van der Waals surface area (Å²) in [6, 6.07) is 4.54. The van der Waals surface area contributed by atoms with Gasteiger partial charge in [0.15, 0.2) is 0 Å². The molecule has 0 atom stereocenters. The van der Waals surface area contributed by atoms with Crippen LogP contribution in [0.4, 0.5) is 10.3 Å². The van der Waals surface area contributed by atoms with Crippen molar-refractivity contribution in [2.75, 3.05) is 12.3 Å². The molecule has 0 unspecified atom stereocenters. The first-order chi connectivity index (χ1) is 9.24. The molecule has 19 heavy (non-hydrogen) atoms. The monoisotopic (exact) mass is 263 g/mol. The van der Waals surface area contributed by atoms with Gasteiger partial charge in [0.05, 0.1) is 23.7 Å². The minimum atomic E-state index is -0.292. The van der Waals surface area contributed by atoms with Crippen LogP contribution in [0.25, 0.3) is 11.0 Å². The summed E-state index contributed by atoms with van der Waals surface area (Å²) in [5.41, 5.74) is 7.32. The van der Waals surface area contributed by atoms with E-state index in [1.54, 1.807) is 6.07 Å². The molecule has 1 fully saturated rings. The van der Waals surface area contributed by atoms with Gasteiger partial charge in [0.2, 0.25) is 5.95 Å². The average Bonchev–Trinajstić information content (AvgIpc) is 2.98. The Morgan fingerprint density at radius 1 is 1.37 bits per heavy atom. The first-order valence-electron chi connectivity index (χ1n) is 6.77. The normalized spacial score (nSPS) is 16.5. The summed E-state index contributed by atoms with van der Waals surface area (Å²) in [5.74, 6) is 0.120. The lowest BCUT2D eigenvalue weighted by molar-refractivity contribution is 0.0537. The molecular formula is C14H18FN3O. The van der Waals surface area contributed by atoms with Crippen LogP contribution in [0.5, 0.6) is 0 Å². The largest absolute Gasteiger partial charge is 0.376 e. The van der Waals surface area contributed by atoms with Crippen LogP contribution < -0.4 is 5.73 Å². The Hall–Kier alpha value is -1.62. The van der Waals surface area contributed by atoms with Crippen LogP contribution >= 0.6 is 0 Å². The van der Waals surface area contributed by atoms with Crippen LogP contribution in [0.3, 0.4) is 0 Å². The Balaban J connectivity index is 1.71. The molecule has 1 aliphatic carbocycles. The van der Waals surface area contributed by atoms with Crippen molar-refractivity contribution < 1.29 is 9.13 Å². The quantitative estimate of drug-likeness (QED) is 0.922. The SMILES string of the molecule is Nc1nc2cc(F)ccc2n1CCOC1CCCC1. The second-order valence-electron chi connectivity index (χ2n) is 5.03. The molecule has 1 aliphatic rings. The Morgan fingerprint density at radius 2 is 2.16 bits per heavy atom. The number of nitrogens with zero attached hydrogens (tertiary/aromatic N) is 2. The van der Waals surface area contributed by atoms with Crippen molar-refractivity contribution in [2.45, 2.75) is 38.3 Å². The summed E-state index contributed by atoms with van der Waals surface area (Å²) in [5, 5.41) is 0. The molecule has 1 aromatic heterocycles. The van der Waals surface area contributed by atoms with Crippen molar-refractivity contribution in [1.82, 2.24) is 9.55 Å². The van der Waals surface area contributed by atoms with Crippen LogP contribution in [-0.4, -0.2) is 22.3 Å². The summed E-state index contributed by atoms with van der Waals surface area (Å²) in [6.45, 7) is 1.28. The van der Waals surface area contributed by atoms with Crippen LogP contribution in [0.15, 0.2) is 18.2 Å². The Morgan fingerprint density at radius 3 is 2.95 bits per heavy atom. The zero-order chi connectivity index (χ0) is 13.2. The number of rotatable bonds is 4. The lowest BCUT2D eigenvalue weighted by atomic mass is 10.3. The van der Waals surface area contributed by atoms with Gasteiger partial charge in [-0.3, -0.25) is 0 Å². The number of hydrogen-bond donors (Lipinski definition) is 1. The highest BCUT2D eigenvalue weighted by atomic mass is 19.1. The van der Waals surface area contributed by atoms with E-state index < -0.39 is 0 Å². The predicted octanol–water partition coefficient (Wildman–Crippen LogP) is 2.72. The van der Waals surface area contributed by atoms with E-state index in [0.717, 1.165) is 18.4 Å². The van der Waals surface area contributed by atoms with E-state index >= 15 is 0 Å². The van der Waals surface area contributed by atoms with E-state index in [9.17, 15) is 4.39 Å². The molecule has 0 amide bonds. The maximum atomic E-state index is 13.1. The highest BCUT2D eigenvalue weighted by Gasteiger charge is 2.15. The number of nitrogens with two attached hydrogens (primary N) is 1. The number of anilines is 1. The molecule has 2 N–H and O–H groups in total. The zero-order valence-corrected chi connectivity index (χ0v) is 10.8. The van der Waals surface area contributed by atoms with Crippen molar-refractivity contribution in [3.05, 3.63) is 24.0 Å².